The van der Waals surface area contributed by atoms with Crippen molar-refractivity contribution < 1.29 is 93.2 Å². The number of amides is 3. The molecule has 0 saturated heterocycles. The minimum atomic E-state index is -3.61. The molecule has 88 heavy (non-hydrogen) atoms. The molecule has 20 nitrogen and oxygen atoms in total. The van der Waals surface area contributed by atoms with E-state index in [0.29, 0.717) is 0 Å². The summed E-state index contributed by atoms with van der Waals surface area (Å²) in [5, 5.41) is 29.5. The number of nitrogens with zero attached hydrogens (tertiary/aromatic N) is 3. The van der Waals surface area contributed by atoms with E-state index >= 15 is 0 Å². The van der Waals surface area contributed by atoms with Crippen LogP contribution in [0.5, 0.6) is 0 Å². The van der Waals surface area contributed by atoms with Crippen LogP contribution in [-0.2, 0) is 96.5 Å². The second-order valence-corrected chi connectivity index (χ2v) is 20.2. The number of nitrogens with two attached hydrogens (primary N) is 1. The monoisotopic (exact) mass is 1310 g/mol. The van der Waals surface area contributed by atoms with Gasteiger partial charge in [-0.1, -0.05) is 248 Å². The van der Waals surface area contributed by atoms with E-state index in [2.05, 4.69) is 30.3 Å². The first kappa shape index (κ1) is 73.8. The number of rotatable bonds is 22. The first-order valence-electron chi connectivity index (χ1n) is 27.0. The summed E-state index contributed by atoms with van der Waals surface area (Å²) in [6.45, 7) is 0.273. The summed E-state index contributed by atoms with van der Waals surface area (Å²) in [6, 6.07) is 72.7. The zero-order valence-electron chi connectivity index (χ0n) is 48.2. The van der Waals surface area contributed by atoms with Gasteiger partial charge in [-0.25, -0.2) is 14.4 Å². The van der Waals surface area contributed by atoms with Gasteiger partial charge in [0.05, 0.1) is 63.2 Å². The minimum Gasteiger partial charge on any atom is -0.445 e. The molecule has 0 saturated carbocycles. The number of nitrogens with one attached hydrogen (secondary N) is 3. The number of aliphatic hydroxyl groups excluding tert-OH is 2. The van der Waals surface area contributed by atoms with Gasteiger partial charge in [-0.2, -0.15) is 8.42 Å². The Morgan fingerprint density at radius 1 is 0.500 bits per heavy atom. The number of ether oxygens (including phenoxy) is 3. The third-order valence-electron chi connectivity index (χ3n) is 11.8. The zero-order chi connectivity index (χ0) is 62.7. The Morgan fingerprint density at radius 2 is 0.807 bits per heavy atom. The maximum Gasteiger partial charge on any atom is 0.408 e. The van der Waals surface area contributed by atoms with Crippen LogP contribution in [0.15, 0.2) is 248 Å². The number of halogens is 1. The van der Waals surface area contributed by atoms with Crippen molar-refractivity contribution in [2.24, 2.45) is 10.8 Å². The van der Waals surface area contributed by atoms with Gasteiger partial charge in [-0.05, 0) is 50.0 Å². The summed E-state index contributed by atoms with van der Waals surface area (Å²) in [5.74, 6) is -0.433. The second-order valence-electron chi connectivity index (χ2n) is 18.4. The summed E-state index contributed by atoms with van der Waals surface area (Å²) in [4.78, 5) is 49.0. The van der Waals surface area contributed by atoms with Crippen molar-refractivity contribution in [3.05, 3.63) is 298 Å². The van der Waals surface area contributed by atoms with Crippen molar-refractivity contribution in [1.82, 2.24) is 16.0 Å². The second kappa shape index (κ2) is 44.0. The first-order chi connectivity index (χ1) is 42.2. The van der Waals surface area contributed by atoms with Crippen molar-refractivity contribution in [1.29, 1.82) is 0 Å². The molecule has 0 heterocycles. The number of hydrogen-bond donors (Lipinski definition) is 6. The number of carbonyl (C=O) groups is 4. The Hall–Kier alpha value is -8.47. The summed E-state index contributed by atoms with van der Waals surface area (Å²) in [7, 11) is -3.61. The van der Waals surface area contributed by atoms with E-state index in [1.165, 1.54) is 0 Å². The van der Waals surface area contributed by atoms with E-state index in [0.717, 1.165) is 50.8 Å². The molecule has 0 aliphatic rings. The van der Waals surface area contributed by atoms with Gasteiger partial charge in [0, 0.05) is 37.6 Å². The fourth-order valence-corrected chi connectivity index (χ4v) is 7.81. The molecule has 0 spiro atoms. The molecule has 4 unspecified atom stereocenters. The average molecular weight is 1310 g/mol. The topological polar surface area (TPSA) is 300 Å². The molecule has 459 valence electrons. The molecule has 0 aromatic heterocycles. The van der Waals surface area contributed by atoms with E-state index in [1.807, 2.05) is 218 Å². The number of azide groups is 1. The molecule has 23 heteroatoms. The summed E-state index contributed by atoms with van der Waals surface area (Å²) >= 11 is 4.85. The van der Waals surface area contributed by atoms with Crippen molar-refractivity contribution in [2.45, 2.75) is 50.4 Å². The summed E-state index contributed by atoms with van der Waals surface area (Å²) in [5.41, 5.74) is 21.0. The van der Waals surface area contributed by atoms with E-state index < -0.39 is 52.5 Å². The predicted molar refractivity (Wildman–Crippen MR) is 331 cm³/mol. The molecule has 4 atom stereocenters. The number of hydrogen-bond acceptors (Lipinski definition) is 15. The van der Waals surface area contributed by atoms with Crippen LogP contribution >= 0.6 is 11.9 Å². The van der Waals surface area contributed by atoms with E-state index in [9.17, 15) is 32.7 Å². The van der Waals surface area contributed by atoms with Gasteiger partial charge in [0.25, 0.3) is 10.1 Å². The van der Waals surface area contributed by atoms with Crippen LogP contribution in [0.1, 0.15) is 68.7 Å². The van der Waals surface area contributed by atoms with Crippen LogP contribution in [0, 0.1) is 0 Å². The standard InChI is InChI=1S/C17H19NO5S.C16H16N4O2.C16H17NO3.C8H7ClO2.C8H11NO.Y/c1-24(20,21)23-13-16(15-10-6-3-7-11-15)18-17(19)22-12-14-8-4-2-5-9-14;17-20-18-11-15(14-9-5-2-6-10-14)19-16(21)22-12-13-7-3-1-4-8-13;18-11-15(14-9-5-2-6-10-14)17-16(19)20-12-13-7-3-1-4-8-13;9-11-8(10)6-7-4-2-1-3-5-7;9-8(6-10)7-4-2-1-3-5-7;/h2-11,16H,12-13H2,1H3,(H,18,19);1-10,15H,11-12H2,(H,19,21);1-10,15,18H,11-12H2,(H,17,19);1-5H,6H2;1-5,8,10H,6,9H2;. The Labute approximate surface area is 543 Å². The molecule has 8 rings (SSSR count). The summed E-state index contributed by atoms with van der Waals surface area (Å²) in [6.07, 6.45) is -0.556. The van der Waals surface area contributed by atoms with Crippen molar-refractivity contribution >= 4 is 46.2 Å². The van der Waals surface area contributed by atoms with Gasteiger partial charge in [0.1, 0.15) is 31.7 Å². The van der Waals surface area contributed by atoms with E-state index in [4.69, 9.17) is 46.6 Å². The number of benzene rings is 8. The van der Waals surface area contributed by atoms with Crippen molar-refractivity contribution in [3.63, 3.8) is 0 Å². The molecule has 3 amide bonds. The fraction of sp³-hybridized carbons (Fsp3) is 0.200. The van der Waals surface area contributed by atoms with Crippen LogP contribution in [0.25, 0.3) is 10.4 Å². The predicted octanol–water partition coefficient (Wildman–Crippen LogP) is 11.8. The summed E-state index contributed by atoms with van der Waals surface area (Å²) < 4.78 is 46.6. The molecular weight excluding hydrogens is 1240 g/mol. The molecule has 0 aliphatic heterocycles. The molecule has 0 fully saturated rings. The van der Waals surface area contributed by atoms with E-state index in [-0.39, 0.29) is 91.4 Å². The number of aliphatic hydroxyl groups is 2. The first-order valence-corrected chi connectivity index (χ1v) is 29.1. The molecule has 0 aliphatic carbocycles. The molecule has 1 radical (unpaired) electrons. The van der Waals surface area contributed by atoms with Gasteiger partial charge in [-0.3, -0.25) is 8.98 Å². The number of alkyl carbamates (subject to hydrolysis) is 3. The smallest absolute Gasteiger partial charge is 0.408 e. The van der Waals surface area contributed by atoms with Gasteiger partial charge < -0.3 is 50.4 Å². The Bertz CT molecular complexity index is 3340. The Balaban J connectivity index is 0.000000297. The average Bonchev–Trinajstić information content (AvgIpc) is 3.73. The maximum absolute atomic E-state index is 12.0. The SMILES string of the molecule is CS(=O)(=O)OCC(NC(=O)OCc1ccccc1)c1ccccc1.NC(CO)c1ccccc1.O=C(Cc1ccccc1)OCl.O=C(NC(CO)c1ccccc1)OCc1ccccc1.[N-]=[N+]=NCC(NC(=O)OCc1ccccc1)c1ccccc1.[Y]. The molecule has 8 aromatic rings. The minimum absolute atomic E-state index is 0. The zero-order valence-corrected chi connectivity index (χ0v) is 52.6. The van der Waals surface area contributed by atoms with Crippen molar-refractivity contribution in [2.75, 3.05) is 32.6 Å². The van der Waals surface area contributed by atoms with Gasteiger partial charge >= 0.3 is 24.2 Å². The molecular formula is C65H70ClN7O13SY. The quantitative estimate of drug-likeness (QED) is 0.0121. The normalized spacial score (nSPS) is 11.4. The fourth-order valence-electron chi connectivity index (χ4n) is 7.37. The molecule has 0 bridgehead atoms. The van der Waals surface area contributed by atoms with Crippen LogP contribution in [0.3, 0.4) is 0 Å². The van der Waals surface area contributed by atoms with Gasteiger partial charge in [-0.15, -0.1) is 0 Å². The van der Waals surface area contributed by atoms with Crippen LogP contribution < -0.4 is 21.7 Å². The molecule has 7 N–H and O–H groups in total. The van der Waals surface area contributed by atoms with Crippen LogP contribution in [-0.4, -0.2) is 75.5 Å². The largest absolute Gasteiger partial charge is 0.445 e. The van der Waals surface area contributed by atoms with Gasteiger partial charge in [0.15, 0.2) is 0 Å². The van der Waals surface area contributed by atoms with Crippen LogP contribution in [0.4, 0.5) is 14.4 Å². The van der Waals surface area contributed by atoms with Crippen molar-refractivity contribution in [3.8, 4) is 0 Å². The van der Waals surface area contributed by atoms with Gasteiger partial charge in [0.2, 0.25) is 0 Å². The number of carbonyl (C=O) groups excluding carboxylic acids is 4. The molecule has 8 aromatic carbocycles. The Kier molecular flexibility index (Phi) is 36.9. The third-order valence-corrected chi connectivity index (χ3v) is 12.5. The maximum atomic E-state index is 12.0. The third kappa shape index (κ3) is 32.3. The van der Waals surface area contributed by atoms with E-state index in [1.54, 1.807) is 24.3 Å². The van der Waals surface area contributed by atoms with Crippen LogP contribution in [0.2, 0.25) is 0 Å². The Morgan fingerprint density at radius 3 is 1.14 bits per heavy atom.